The third-order valence-corrected chi connectivity index (χ3v) is 4.20. The second kappa shape index (κ2) is 6.46. The van der Waals surface area contributed by atoms with Gasteiger partial charge in [0.15, 0.2) is 0 Å². The standard InChI is InChI=1S/C15H21ClN2O2/c1-11-5-6-12(9-13(11)16)18-14(19)17-10-15(20)7-3-2-4-8-15/h5-6,9,20H,2-4,7-8,10H2,1H3,(H2,17,18,19). The predicted octanol–water partition coefficient (Wildman–Crippen LogP) is 3.47. The molecule has 0 radical (unpaired) electrons. The van der Waals surface area contributed by atoms with Crippen LogP contribution in [0.2, 0.25) is 5.02 Å². The maximum atomic E-state index is 11.8. The highest BCUT2D eigenvalue weighted by atomic mass is 35.5. The monoisotopic (exact) mass is 296 g/mol. The summed E-state index contributed by atoms with van der Waals surface area (Å²) in [4.78, 5) is 11.8. The van der Waals surface area contributed by atoms with Crippen molar-refractivity contribution >= 4 is 23.3 Å². The summed E-state index contributed by atoms with van der Waals surface area (Å²) in [5.74, 6) is 0. The first-order chi connectivity index (χ1) is 9.48. The molecule has 20 heavy (non-hydrogen) atoms. The van der Waals surface area contributed by atoms with Crippen LogP contribution >= 0.6 is 11.6 Å². The maximum absolute atomic E-state index is 11.8. The molecule has 0 spiro atoms. The van der Waals surface area contributed by atoms with Gasteiger partial charge in [0, 0.05) is 17.3 Å². The number of hydrogen-bond donors (Lipinski definition) is 3. The van der Waals surface area contributed by atoms with E-state index in [1.54, 1.807) is 12.1 Å². The molecule has 2 amide bonds. The number of nitrogens with one attached hydrogen (secondary N) is 2. The molecule has 0 atom stereocenters. The van der Waals surface area contributed by atoms with Crippen LogP contribution in [0.25, 0.3) is 0 Å². The molecule has 0 saturated heterocycles. The van der Waals surface area contributed by atoms with Crippen molar-refractivity contribution in [3.63, 3.8) is 0 Å². The molecule has 4 nitrogen and oxygen atoms in total. The summed E-state index contributed by atoms with van der Waals surface area (Å²) < 4.78 is 0. The number of benzene rings is 1. The molecule has 3 N–H and O–H groups in total. The fraction of sp³-hybridized carbons (Fsp3) is 0.533. The van der Waals surface area contributed by atoms with Gasteiger partial charge in [-0.05, 0) is 37.5 Å². The summed E-state index contributed by atoms with van der Waals surface area (Å²) in [5, 5.41) is 16.4. The molecular weight excluding hydrogens is 276 g/mol. The van der Waals surface area contributed by atoms with Crippen LogP contribution in [0.3, 0.4) is 0 Å². The number of urea groups is 1. The smallest absolute Gasteiger partial charge is 0.319 e. The first-order valence-corrected chi connectivity index (χ1v) is 7.40. The largest absolute Gasteiger partial charge is 0.388 e. The zero-order valence-corrected chi connectivity index (χ0v) is 12.5. The van der Waals surface area contributed by atoms with Crippen LogP contribution < -0.4 is 10.6 Å². The molecule has 0 unspecified atom stereocenters. The fourth-order valence-electron chi connectivity index (χ4n) is 2.48. The van der Waals surface area contributed by atoms with Gasteiger partial charge in [-0.25, -0.2) is 4.79 Å². The van der Waals surface area contributed by atoms with Crippen molar-refractivity contribution in [2.45, 2.75) is 44.6 Å². The maximum Gasteiger partial charge on any atom is 0.319 e. The Morgan fingerprint density at radius 3 is 2.70 bits per heavy atom. The molecule has 0 heterocycles. The number of halogens is 1. The molecule has 1 aliphatic carbocycles. The van der Waals surface area contributed by atoms with Crippen molar-refractivity contribution in [2.24, 2.45) is 0 Å². The summed E-state index contributed by atoms with van der Waals surface area (Å²) in [6.45, 7) is 2.20. The molecule has 1 saturated carbocycles. The van der Waals surface area contributed by atoms with Crippen LogP contribution in [0.5, 0.6) is 0 Å². The van der Waals surface area contributed by atoms with Gasteiger partial charge in [-0.1, -0.05) is 36.9 Å². The van der Waals surface area contributed by atoms with E-state index in [1.165, 1.54) is 0 Å². The summed E-state index contributed by atoms with van der Waals surface area (Å²) in [7, 11) is 0. The number of amides is 2. The molecular formula is C15H21ClN2O2. The van der Waals surface area contributed by atoms with E-state index in [0.717, 1.165) is 37.7 Å². The van der Waals surface area contributed by atoms with Crippen LogP contribution in [0.4, 0.5) is 10.5 Å². The third-order valence-electron chi connectivity index (χ3n) is 3.79. The van der Waals surface area contributed by atoms with Gasteiger partial charge in [-0.3, -0.25) is 0 Å². The first kappa shape index (κ1) is 15.1. The van der Waals surface area contributed by atoms with E-state index in [-0.39, 0.29) is 6.03 Å². The van der Waals surface area contributed by atoms with Crippen LogP contribution in [0, 0.1) is 6.92 Å². The Hall–Kier alpha value is -1.26. The lowest BCUT2D eigenvalue weighted by Gasteiger charge is -2.32. The van der Waals surface area contributed by atoms with Crippen LogP contribution in [0.1, 0.15) is 37.7 Å². The van der Waals surface area contributed by atoms with E-state index in [1.807, 2.05) is 13.0 Å². The summed E-state index contributed by atoms with van der Waals surface area (Å²) in [6, 6.07) is 5.05. The number of anilines is 1. The third kappa shape index (κ3) is 4.12. The molecule has 1 fully saturated rings. The number of hydrogen-bond acceptors (Lipinski definition) is 2. The Bertz CT molecular complexity index is 485. The van der Waals surface area contributed by atoms with Gasteiger partial charge in [0.25, 0.3) is 0 Å². The van der Waals surface area contributed by atoms with Gasteiger partial charge in [0.2, 0.25) is 0 Å². The van der Waals surface area contributed by atoms with Gasteiger partial charge in [0.1, 0.15) is 0 Å². The van der Waals surface area contributed by atoms with Crippen molar-refractivity contribution in [3.05, 3.63) is 28.8 Å². The number of carbonyl (C=O) groups excluding carboxylic acids is 1. The van der Waals surface area contributed by atoms with E-state index in [4.69, 9.17) is 11.6 Å². The van der Waals surface area contributed by atoms with E-state index >= 15 is 0 Å². The molecule has 5 heteroatoms. The number of carbonyl (C=O) groups is 1. The summed E-state index contributed by atoms with van der Waals surface area (Å²) in [6.07, 6.45) is 4.71. The minimum atomic E-state index is -0.749. The quantitative estimate of drug-likeness (QED) is 0.800. The molecule has 1 aromatic rings. The van der Waals surface area contributed by atoms with Gasteiger partial charge in [-0.15, -0.1) is 0 Å². The van der Waals surface area contributed by atoms with Crippen molar-refractivity contribution in [1.29, 1.82) is 0 Å². The molecule has 0 bridgehead atoms. The normalized spacial score (nSPS) is 17.6. The number of aliphatic hydroxyl groups is 1. The molecule has 1 aliphatic rings. The van der Waals surface area contributed by atoms with Crippen LogP contribution in [-0.4, -0.2) is 23.3 Å². The molecule has 2 rings (SSSR count). The lowest BCUT2D eigenvalue weighted by atomic mass is 9.85. The Morgan fingerprint density at radius 1 is 1.35 bits per heavy atom. The van der Waals surface area contributed by atoms with Crippen molar-refractivity contribution in [2.75, 3.05) is 11.9 Å². The highest BCUT2D eigenvalue weighted by Crippen LogP contribution is 2.27. The average Bonchev–Trinajstić information content (AvgIpc) is 2.42. The van der Waals surface area contributed by atoms with Crippen molar-refractivity contribution in [1.82, 2.24) is 5.32 Å². The Kier molecular flexibility index (Phi) is 4.89. The minimum Gasteiger partial charge on any atom is -0.388 e. The summed E-state index contributed by atoms with van der Waals surface area (Å²) in [5.41, 5.74) is 0.864. The van der Waals surface area contributed by atoms with Crippen LogP contribution in [0.15, 0.2) is 18.2 Å². The van der Waals surface area contributed by atoms with Crippen molar-refractivity contribution in [3.8, 4) is 0 Å². The van der Waals surface area contributed by atoms with E-state index in [0.29, 0.717) is 17.3 Å². The van der Waals surface area contributed by atoms with Crippen LogP contribution in [-0.2, 0) is 0 Å². The fourth-order valence-corrected chi connectivity index (χ4v) is 2.66. The SMILES string of the molecule is Cc1ccc(NC(=O)NCC2(O)CCCCC2)cc1Cl. The zero-order valence-electron chi connectivity index (χ0n) is 11.7. The Morgan fingerprint density at radius 2 is 2.05 bits per heavy atom. The highest BCUT2D eigenvalue weighted by Gasteiger charge is 2.29. The Balaban J connectivity index is 1.84. The van der Waals surface area contributed by atoms with Gasteiger partial charge in [0.05, 0.1) is 5.60 Å². The lowest BCUT2D eigenvalue weighted by molar-refractivity contribution is 0.00755. The van der Waals surface area contributed by atoms with Gasteiger partial charge in [-0.2, -0.15) is 0 Å². The molecule has 1 aromatic carbocycles. The van der Waals surface area contributed by atoms with E-state index in [2.05, 4.69) is 10.6 Å². The number of rotatable bonds is 3. The second-order valence-corrected chi connectivity index (χ2v) is 5.96. The molecule has 0 aromatic heterocycles. The summed E-state index contributed by atoms with van der Waals surface area (Å²) >= 11 is 6.01. The van der Waals surface area contributed by atoms with E-state index < -0.39 is 5.60 Å². The van der Waals surface area contributed by atoms with E-state index in [9.17, 15) is 9.90 Å². The average molecular weight is 297 g/mol. The predicted molar refractivity (Wildman–Crippen MR) is 81.2 cm³/mol. The second-order valence-electron chi connectivity index (χ2n) is 5.56. The zero-order chi connectivity index (χ0) is 14.6. The molecule has 110 valence electrons. The lowest BCUT2D eigenvalue weighted by Crippen LogP contribution is -2.45. The Labute approximate surface area is 124 Å². The highest BCUT2D eigenvalue weighted by molar-refractivity contribution is 6.31. The van der Waals surface area contributed by atoms with Crippen molar-refractivity contribution < 1.29 is 9.90 Å². The van der Waals surface area contributed by atoms with Gasteiger partial charge < -0.3 is 15.7 Å². The van der Waals surface area contributed by atoms with Gasteiger partial charge >= 0.3 is 6.03 Å². The first-order valence-electron chi connectivity index (χ1n) is 7.02. The molecule has 0 aliphatic heterocycles. The number of aryl methyl sites for hydroxylation is 1. The topological polar surface area (TPSA) is 61.4 Å². The minimum absolute atomic E-state index is 0.290.